The van der Waals surface area contributed by atoms with Crippen LogP contribution in [0.2, 0.25) is 0 Å². The third-order valence-electron chi connectivity index (χ3n) is 2.62. The van der Waals surface area contributed by atoms with E-state index in [0.717, 1.165) is 12.1 Å². The van der Waals surface area contributed by atoms with Gasteiger partial charge in [-0.2, -0.15) is 13.2 Å². The van der Waals surface area contributed by atoms with Gasteiger partial charge in [0, 0.05) is 6.54 Å². The van der Waals surface area contributed by atoms with Crippen LogP contribution in [0.15, 0.2) is 36.7 Å². The highest BCUT2D eigenvalue weighted by molar-refractivity contribution is 5.92. The molecule has 0 aliphatic rings. The summed E-state index contributed by atoms with van der Waals surface area (Å²) >= 11 is 0. The summed E-state index contributed by atoms with van der Waals surface area (Å²) in [6.45, 7) is 0.0768. The van der Waals surface area contributed by atoms with Gasteiger partial charge in [0.2, 0.25) is 0 Å². The van der Waals surface area contributed by atoms with E-state index >= 15 is 0 Å². The zero-order valence-electron chi connectivity index (χ0n) is 10.7. The molecule has 1 aromatic heterocycles. The number of hydrogen-bond donors (Lipinski definition) is 2. The Morgan fingerprint density at radius 1 is 1.19 bits per heavy atom. The summed E-state index contributed by atoms with van der Waals surface area (Å²) in [5.74, 6) is -0.396. The molecule has 21 heavy (non-hydrogen) atoms. The maximum atomic E-state index is 12.4. The number of nitrogens with zero attached hydrogens (tertiary/aromatic N) is 2. The smallest absolute Gasteiger partial charge is 0.382 e. The Bertz CT molecular complexity index is 641. The van der Waals surface area contributed by atoms with Crippen molar-refractivity contribution in [2.45, 2.75) is 12.7 Å². The van der Waals surface area contributed by atoms with E-state index in [4.69, 9.17) is 5.73 Å². The molecule has 1 heterocycles. The predicted octanol–water partition coefficient (Wildman–Crippen LogP) is 2.01. The number of carbonyl (C=O) groups excluding carboxylic acids is 1. The van der Waals surface area contributed by atoms with E-state index in [9.17, 15) is 18.0 Å². The first kappa shape index (κ1) is 14.8. The van der Waals surface area contributed by atoms with Crippen molar-refractivity contribution < 1.29 is 18.0 Å². The molecule has 1 amide bonds. The number of nitrogens with one attached hydrogen (secondary N) is 1. The number of amides is 1. The molecule has 0 radical (unpaired) electrons. The van der Waals surface area contributed by atoms with Crippen molar-refractivity contribution in [3.05, 3.63) is 53.5 Å². The number of benzene rings is 1. The number of anilines is 1. The van der Waals surface area contributed by atoms with Gasteiger partial charge in [0.1, 0.15) is 11.5 Å². The van der Waals surface area contributed by atoms with Gasteiger partial charge in [0.05, 0.1) is 18.0 Å². The van der Waals surface area contributed by atoms with Gasteiger partial charge in [-0.3, -0.25) is 9.78 Å². The lowest BCUT2D eigenvalue weighted by Crippen LogP contribution is -2.24. The summed E-state index contributed by atoms with van der Waals surface area (Å²) < 4.78 is 37.2. The van der Waals surface area contributed by atoms with Crippen LogP contribution >= 0.6 is 0 Å². The number of alkyl halides is 3. The average Bonchev–Trinajstić information content (AvgIpc) is 2.44. The predicted molar refractivity (Wildman–Crippen MR) is 69.1 cm³/mol. The lowest BCUT2D eigenvalue weighted by Gasteiger charge is -2.08. The van der Waals surface area contributed by atoms with Gasteiger partial charge in [-0.05, 0) is 17.7 Å². The molecule has 0 aliphatic carbocycles. The number of aromatic nitrogens is 2. The first-order chi connectivity index (χ1) is 9.86. The molecule has 0 saturated heterocycles. The highest BCUT2D eigenvalue weighted by Gasteiger charge is 2.29. The first-order valence-corrected chi connectivity index (χ1v) is 5.88. The largest absolute Gasteiger partial charge is 0.416 e. The van der Waals surface area contributed by atoms with Gasteiger partial charge >= 0.3 is 6.18 Å². The van der Waals surface area contributed by atoms with E-state index in [1.807, 2.05) is 0 Å². The summed E-state index contributed by atoms with van der Waals surface area (Å²) in [6, 6.07) is 4.52. The Morgan fingerprint density at radius 3 is 2.43 bits per heavy atom. The molecule has 3 N–H and O–H groups in total. The summed E-state index contributed by atoms with van der Waals surface area (Å²) in [4.78, 5) is 19.3. The molecule has 0 atom stereocenters. The Labute approximate surface area is 118 Å². The number of nitrogens with two attached hydrogens (primary N) is 1. The topological polar surface area (TPSA) is 80.9 Å². The fourth-order valence-corrected chi connectivity index (χ4v) is 1.57. The third kappa shape index (κ3) is 3.91. The van der Waals surface area contributed by atoms with Crippen LogP contribution in [0.3, 0.4) is 0 Å². The molecule has 0 fully saturated rings. The summed E-state index contributed by atoms with van der Waals surface area (Å²) in [6.07, 6.45) is -1.83. The van der Waals surface area contributed by atoms with Gasteiger partial charge in [-0.25, -0.2) is 4.98 Å². The van der Waals surface area contributed by atoms with Crippen LogP contribution in [-0.2, 0) is 12.7 Å². The summed E-state index contributed by atoms with van der Waals surface area (Å²) in [7, 11) is 0. The van der Waals surface area contributed by atoms with Crippen LogP contribution in [-0.4, -0.2) is 15.9 Å². The minimum Gasteiger partial charge on any atom is -0.382 e. The van der Waals surface area contributed by atoms with E-state index in [1.165, 1.54) is 24.5 Å². The van der Waals surface area contributed by atoms with Crippen LogP contribution in [0, 0.1) is 0 Å². The van der Waals surface area contributed by atoms with Crippen molar-refractivity contribution in [2.75, 3.05) is 5.73 Å². The minimum absolute atomic E-state index is 0.0434. The highest BCUT2D eigenvalue weighted by atomic mass is 19.4. The van der Waals surface area contributed by atoms with Crippen LogP contribution in [0.5, 0.6) is 0 Å². The van der Waals surface area contributed by atoms with Crippen LogP contribution in [0.25, 0.3) is 0 Å². The first-order valence-electron chi connectivity index (χ1n) is 5.88. The monoisotopic (exact) mass is 296 g/mol. The number of nitrogen functional groups attached to an aromatic ring is 1. The molecule has 8 heteroatoms. The van der Waals surface area contributed by atoms with Gasteiger partial charge in [0.25, 0.3) is 5.91 Å². The molecule has 0 unspecified atom stereocenters. The van der Waals surface area contributed by atoms with E-state index in [0.29, 0.717) is 5.56 Å². The quantitative estimate of drug-likeness (QED) is 0.908. The van der Waals surface area contributed by atoms with E-state index in [2.05, 4.69) is 15.3 Å². The van der Waals surface area contributed by atoms with E-state index < -0.39 is 17.6 Å². The molecule has 1 aromatic carbocycles. The zero-order chi connectivity index (χ0) is 15.5. The SMILES string of the molecule is Nc1cncc(C(=O)NCc2ccc(C(F)(F)F)cc2)n1. The molecule has 0 bridgehead atoms. The van der Waals surface area contributed by atoms with Crippen LogP contribution < -0.4 is 11.1 Å². The minimum atomic E-state index is -4.38. The summed E-state index contributed by atoms with van der Waals surface area (Å²) in [5, 5.41) is 2.52. The number of rotatable bonds is 3. The van der Waals surface area contributed by atoms with Gasteiger partial charge in [-0.1, -0.05) is 12.1 Å². The maximum absolute atomic E-state index is 12.4. The van der Waals surface area contributed by atoms with Crippen molar-refractivity contribution in [3.63, 3.8) is 0 Å². The fraction of sp³-hybridized carbons (Fsp3) is 0.154. The second kappa shape index (κ2) is 5.78. The standard InChI is InChI=1S/C13H11F3N4O/c14-13(15,16)9-3-1-8(2-4-9)5-19-12(21)10-6-18-7-11(17)20-10/h1-4,6-7H,5H2,(H2,17,20)(H,19,21). The molecule has 0 aliphatic heterocycles. The zero-order valence-corrected chi connectivity index (χ0v) is 10.7. The average molecular weight is 296 g/mol. The molecule has 2 aromatic rings. The second-order valence-corrected chi connectivity index (χ2v) is 4.21. The third-order valence-corrected chi connectivity index (χ3v) is 2.62. The second-order valence-electron chi connectivity index (χ2n) is 4.21. The van der Waals surface area contributed by atoms with Gasteiger partial charge in [-0.15, -0.1) is 0 Å². The number of carbonyl (C=O) groups is 1. The lowest BCUT2D eigenvalue weighted by molar-refractivity contribution is -0.137. The highest BCUT2D eigenvalue weighted by Crippen LogP contribution is 2.29. The Morgan fingerprint density at radius 2 is 1.86 bits per heavy atom. The molecule has 2 rings (SSSR count). The Hall–Kier alpha value is -2.64. The molecule has 110 valence electrons. The number of halogens is 3. The molecular formula is C13H11F3N4O. The van der Waals surface area contributed by atoms with Crippen molar-refractivity contribution in [3.8, 4) is 0 Å². The van der Waals surface area contributed by atoms with Gasteiger partial charge < -0.3 is 11.1 Å². The van der Waals surface area contributed by atoms with Crippen molar-refractivity contribution >= 4 is 11.7 Å². The van der Waals surface area contributed by atoms with Crippen LogP contribution in [0.1, 0.15) is 21.6 Å². The lowest BCUT2D eigenvalue weighted by atomic mass is 10.1. The van der Waals surface area contributed by atoms with E-state index in [-0.39, 0.29) is 18.1 Å². The van der Waals surface area contributed by atoms with Crippen molar-refractivity contribution in [1.29, 1.82) is 0 Å². The Balaban J connectivity index is 1.98. The molecule has 0 saturated carbocycles. The fourth-order valence-electron chi connectivity index (χ4n) is 1.57. The molecule has 0 spiro atoms. The van der Waals surface area contributed by atoms with Crippen molar-refractivity contribution in [2.24, 2.45) is 0 Å². The van der Waals surface area contributed by atoms with Crippen LogP contribution in [0.4, 0.5) is 19.0 Å². The van der Waals surface area contributed by atoms with E-state index in [1.54, 1.807) is 0 Å². The maximum Gasteiger partial charge on any atom is 0.416 e. The normalized spacial score (nSPS) is 11.2. The Kier molecular flexibility index (Phi) is 4.06. The summed E-state index contributed by atoms with van der Waals surface area (Å²) in [5.41, 5.74) is 5.24. The number of hydrogen-bond acceptors (Lipinski definition) is 4. The molecule has 5 nitrogen and oxygen atoms in total. The molecular weight excluding hydrogens is 285 g/mol. The van der Waals surface area contributed by atoms with Crippen molar-refractivity contribution in [1.82, 2.24) is 15.3 Å². The van der Waals surface area contributed by atoms with Gasteiger partial charge in [0.15, 0.2) is 0 Å².